The van der Waals surface area contributed by atoms with Crippen molar-refractivity contribution >= 4 is 11.7 Å². The van der Waals surface area contributed by atoms with E-state index in [1.165, 1.54) is 19.4 Å². The molecule has 3 aromatic rings. The molecule has 1 fully saturated rings. The lowest BCUT2D eigenvalue weighted by Gasteiger charge is -2.36. The third-order valence-electron chi connectivity index (χ3n) is 5.40. The van der Waals surface area contributed by atoms with Crippen LogP contribution in [0.5, 0.6) is 5.75 Å². The summed E-state index contributed by atoms with van der Waals surface area (Å²) >= 11 is 0. The molecule has 0 atom stereocenters. The van der Waals surface area contributed by atoms with E-state index in [0.717, 1.165) is 6.07 Å². The quantitative estimate of drug-likeness (QED) is 0.549. The van der Waals surface area contributed by atoms with Crippen molar-refractivity contribution in [3.63, 3.8) is 0 Å². The van der Waals surface area contributed by atoms with Gasteiger partial charge in [0.25, 0.3) is 5.91 Å². The summed E-state index contributed by atoms with van der Waals surface area (Å²) in [4.78, 5) is 24.4. The van der Waals surface area contributed by atoms with Gasteiger partial charge in [-0.25, -0.2) is 9.97 Å². The number of hydrogen-bond acceptors (Lipinski definition) is 5. The van der Waals surface area contributed by atoms with Gasteiger partial charge in [0.15, 0.2) is 0 Å². The minimum atomic E-state index is -4.49. The average Bonchev–Trinajstić information content (AvgIpc) is 2.87. The van der Waals surface area contributed by atoms with Crippen molar-refractivity contribution in [1.29, 1.82) is 0 Å². The number of benzene rings is 1. The van der Waals surface area contributed by atoms with Gasteiger partial charge in [0.1, 0.15) is 17.3 Å². The van der Waals surface area contributed by atoms with E-state index in [9.17, 15) is 18.0 Å². The summed E-state index contributed by atoms with van der Waals surface area (Å²) in [6.45, 7) is 1.03. The summed E-state index contributed by atoms with van der Waals surface area (Å²) in [5.74, 6) is 6.14. The average molecular weight is 466 g/mol. The first-order valence-corrected chi connectivity index (χ1v) is 10.5. The number of carbonyl (C=O) groups excluding carboxylic acids is 1. The number of amides is 1. The first-order valence-electron chi connectivity index (χ1n) is 10.5. The number of piperazine rings is 1. The van der Waals surface area contributed by atoms with Crippen molar-refractivity contribution in [2.75, 3.05) is 38.2 Å². The number of anilines is 1. The van der Waals surface area contributed by atoms with Gasteiger partial charge in [-0.1, -0.05) is 12.0 Å². The molecule has 9 heteroatoms. The minimum Gasteiger partial charge on any atom is -0.495 e. The normalized spacial score (nSPS) is 13.8. The zero-order valence-electron chi connectivity index (χ0n) is 18.3. The van der Waals surface area contributed by atoms with Crippen LogP contribution in [0.25, 0.3) is 0 Å². The fourth-order valence-electron chi connectivity index (χ4n) is 3.68. The number of ether oxygens (including phenoxy) is 1. The van der Waals surface area contributed by atoms with Gasteiger partial charge in [-0.3, -0.25) is 4.79 Å². The number of nitrogens with zero attached hydrogens (tertiary/aromatic N) is 4. The lowest BCUT2D eigenvalue weighted by atomic mass is 10.1. The number of rotatable bonds is 3. The van der Waals surface area contributed by atoms with Crippen LogP contribution in [0.1, 0.15) is 27.2 Å². The van der Waals surface area contributed by atoms with Crippen molar-refractivity contribution in [3.05, 3.63) is 83.3 Å². The van der Waals surface area contributed by atoms with Crippen LogP contribution in [0, 0.1) is 11.8 Å². The maximum absolute atomic E-state index is 13.3. The summed E-state index contributed by atoms with van der Waals surface area (Å²) in [5.41, 5.74) is 0.778. The molecule has 4 rings (SSSR count). The molecule has 0 saturated carbocycles. The van der Waals surface area contributed by atoms with Gasteiger partial charge in [-0.05, 0) is 48.4 Å². The molecular weight excluding hydrogens is 445 g/mol. The highest BCUT2D eigenvalue weighted by molar-refractivity contribution is 5.95. The smallest absolute Gasteiger partial charge is 0.419 e. The Morgan fingerprint density at radius 1 is 0.971 bits per heavy atom. The second-order valence-corrected chi connectivity index (χ2v) is 7.53. The summed E-state index contributed by atoms with van der Waals surface area (Å²) in [7, 11) is 1.52. The highest BCUT2D eigenvalue weighted by Gasteiger charge is 2.36. The minimum absolute atomic E-state index is 0.112. The molecule has 0 unspecified atom stereocenters. The van der Waals surface area contributed by atoms with E-state index in [1.54, 1.807) is 46.3 Å². The van der Waals surface area contributed by atoms with Gasteiger partial charge in [-0.2, -0.15) is 13.2 Å². The number of carbonyl (C=O) groups is 1. The number of aromatic nitrogens is 2. The molecule has 2 aromatic heterocycles. The number of pyridine rings is 2. The molecule has 0 radical (unpaired) electrons. The Hall–Kier alpha value is -4.06. The van der Waals surface area contributed by atoms with E-state index < -0.39 is 11.7 Å². The van der Waals surface area contributed by atoms with Crippen molar-refractivity contribution in [2.24, 2.45) is 0 Å². The largest absolute Gasteiger partial charge is 0.495 e. The molecule has 0 aliphatic carbocycles. The topological polar surface area (TPSA) is 58.6 Å². The molecule has 34 heavy (non-hydrogen) atoms. The van der Waals surface area contributed by atoms with Crippen molar-refractivity contribution in [2.45, 2.75) is 6.18 Å². The van der Waals surface area contributed by atoms with Crippen molar-refractivity contribution < 1.29 is 22.7 Å². The lowest BCUT2D eigenvalue weighted by Crippen LogP contribution is -2.49. The molecule has 3 heterocycles. The Morgan fingerprint density at radius 2 is 1.74 bits per heavy atom. The second-order valence-electron chi connectivity index (χ2n) is 7.53. The summed E-state index contributed by atoms with van der Waals surface area (Å²) < 4.78 is 45.4. The molecule has 174 valence electrons. The Morgan fingerprint density at radius 3 is 2.41 bits per heavy atom. The number of alkyl halides is 3. The molecule has 0 spiro atoms. The second kappa shape index (κ2) is 9.83. The van der Waals surface area contributed by atoms with Crippen molar-refractivity contribution in [3.8, 4) is 17.6 Å². The Kier molecular flexibility index (Phi) is 6.68. The SMILES string of the molecule is COc1ccc(C(=O)N2CCN(c3ncccc3C(F)(F)F)CC2)cc1C#Cc1ccccn1. The zero-order chi connectivity index (χ0) is 24.1. The summed E-state index contributed by atoms with van der Waals surface area (Å²) in [5, 5.41) is 0. The highest BCUT2D eigenvalue weighted by Crippen LogP contribution is 2.35. The third kappa shape index (κ3) is 5.12. The van der Waals surface area contributed by atoms with Crippen LogP contribution in [-0.2, 0) is 6.18 Å². The van der Waals surface area contributed by atoms with Crippen LogP contribution in [0.4, 0.5) is 19.0 Å². The molecule has 1 aliphatic heterocycles. The Balaban J connectivity index is 1.49. The van der Waals surface area contributed by atoms with Gasteiger partial charge in [0.05, 0.1) is 18.2 Å². The predicted molar refractivity (Wildman–Crippen MR) is 121 cm³/mol. The molecule has 0 N–H and O–H groups in total. The molecular formula is C25H21F3N4O2. The summed E-state index contributed by atoms with van der Waals surface area (Å²) in [6, 6.07) is 12.7. The fraction of sp³-hybridized carbons (Fsp3) is 0.240. The lowest BCUT2D eigenvalue weighted by molar-refractivity contribution is -0.137. The van der Waals surface area contributed by atoms with Gasteiger partial charge in [0.2, 0.25) is 0 Å². The fourth-order valence-corrected chi connectivity index (χ4v) is 3.68. The zero-order valence-corrected chi connectivity index (χ0v) is 18.3. The van der Waals surface area contributed by atoms with Crippen LogP contribution < -0.4 is 9.64 Å². The van der Waals surface area contributed by atoms with E-state index in [4.69, 9.17) is 4.74 Å². The number of halogens is 3. The molecule has 6 nitrogen and oxygen atoms in total. The maximum atomic E-state index is 13.3. The maximum Gasteiger partial charge on any atom is 0.419 e. The summed E-state index contributed by atoms with van der Waals surface area (Å²) in [6.07, 6.45) is -1.51. The first kappa shape index (κ1) is 23.1. The van der Waals surface area contributed by atoms with Gasteiger partial charge in [0, 0.05) is 44.1 Å². The van der Waals surface area contributed by atoms with Crippen molar-refractivity contribution in [1.82, 2.24) is 14.9 Å². The molecule has 1 amide bonds. The molecule has 0 bridgehead atoms. The third-order valence-corrected chi connectivity index (χ3v) is 5.40. The standard InChI is InChI=1S/C25H21F3N4O2/c1-34-22-10-8-19(17-18(22)7-9-20-5-2-3-11-29-20)24(33)32-15-13-31(14-16-32)23-21(25(26,27)28)6-4-12-30-23/h2-6,8,10-12,17H,13-16H2,1H3. The van der Waals surface area contributed by atoms with E-state index in [1.807, 2.05) is 6.07 Å². The van der Waals surface area contributed by atoms with Crippen LogP contribution in [0.3, 0.4) is 0 Å². The van der Waals surface area contributed by atoms with E-state index in [-0.39, 0.29) is 37.9 Å². The monoisotopic (exact) mass is 466 g/mol. The van der Waals surface area contributed by atoms with Gasteiger partial charge >= 0.3 is 6.18 Å². The van der Waals surface area contributed by atoms with E-state index >= 15 is 0 Å². The van der Waals surface area contributed by atoms with Gasteiger partial charge < -0.3 is 14.5 Å². The van der Waals surface area contributed by atoms with Gasteiger partial charge in [-0.15, -0.1) is 0 Å². The van der Waals surface area contributed by atoms with Crippen LogP contribution >= 0.6 is 0 Å². The molecule has 1 aliphatic rings. The number of methoxy groups -OCH3 is 1. The van der Waals surface area contributed by atoms with Crippen LogP contribution in [0.2, 0.25) is 0 Å². The van der Waals surface area contributed by atoms with Crippen LogP contribution in [0.15, 0.2) is 60.9 Å². The Labute approximate surface area is 195 Å². The van der Waals surface area contributed by atoms with Crippen LogP contribution in [-0.4, -0.2) is 54.1 Å². The Bertz CT molecular complexity index is 1230. The van der Waals surface area contributed by atoms with E-state index in [2.05, 4.69) is 21.8 Å². The number of hydrogen-bond donors (Lipinski definition) is 0. The predicted octanol–water partition coefficient (Wildman–Crippen LogP) is 3.87. The highest BCUT2D eigenvalue weighted by atomic mass is 19.4. The molecule has 1 saturated heterocycles. The van der Waals surface area contributed by atoms with E-state index in [0.29, 0.717) is 22.6 Å². The first-order chi connectivity index (χ1) is 16.4. The molecule has 1 aromatic carbocycles.